The van der Waals surface area contributed by atoms with Gasteiger partial charge in [-0.3, -0.25) is 9.58 Å². The molecule has 0 spiro atoms. The van der Waals surface area contributed by atoms with Crippen molar-refractivity contribution in [3.63, 3.8) is 0 Å². The monoisotopic (exact) mass is 270 g/mol. The summed E-state index contributed by atoms with van der Waals surface area (Å²) in [6.45, 7) is 3.53. The van der Waals surface area contributed by atoms with Crippen LogP contribution in [0.3, 0.4) is 0 Å². The summed E-state index contributed by atoms with van der Waals surface area (Å²) in [5, 5.41) is 4.41. The number of anilines is 1. The summed E-state index contributed by atoms with van der Waals surface area (Å²) in [5.74, 6) is 0.692. The molecule has 0 aliphatic carbocycles. The Kier molecular flexibility index (Phi) is 3.74. The molecule has 0 atom stereocenters. The first-order chi connectivity index (χ1) is 9.72. The predicted octanol–water partition coefficient (Wildman–Crippen LogP) is 2.66. The summed E-state index contributed by atoms with van der Waals surface area (Å²) < 4.78 is 1.71. The maximum Gasteiger partial charge on any atom is 0.121 e. The zero-order chi connectivity index (χ0) is 13.9. The molecule has 3 rings (SSSR count). The van der Waals surface area contributed by atoms with Gasteiger partial charge >= 0.3 is 0 Å². The van der Waals surface area contributed by atoms with Gasteiger partial charge in [0.1, 0.15) is 5.82 Å². The first-order valence-corrected chi connectivity index (χ1v) is 7.33. The summed E-state index contributed by atoms with van der Waals surface area (Å²) in [5.41, 5.74) is 9.26. The van der Waals surface area contributed by atoms with E-state index in [1.54, 1.807) is 4.68 Å². The van der Waals surface area contributed by atoms with Crippen LogP contribution in [0.25, 0.3) is 11.3 Å². The highest BCUT2D eigenvalue weighted by molar-refractivity contribution is 5.62. The summed E-state index contributed by atoms with van der Waals surface area (Å²) in [7, 11) is 1.86. The normalized spacial score (nSPS) is 16.4. The van der Waals surface area contributed by atoms with Crippen LogP contribution in [0.1, 0.15) is 24.8 Å². The maximum atomic E-state index is 5.83. The van der Waals surface area contributed by atoms with E-state index in [9.17, 15) is 0 Å². The number of benzene rings is 1. The van der Waals surface area contributed by atoms with Crippen molar-refractivity contribution in [1.82, 2.24) is 14.7 Å². The van der Waals surface area contributed by atoms with Crippen molar-refractivity contribution in [2.24, 2.45) is 7.05 Å². The second kappa shape index (κ2) is 5.67. The molecule has 1 fully saturated rings. The van der Waals surface area contributed by atoms with E-state index in [0.29, 0.717) is 5.82 Å². The lowest BCUT2D eigenvalue weighted by Gasteiger charge is -2.26. The van der Waals surface area contributed by atoms with Crippen LogP contribution >= 0.6 is 0 Å². The molecule has 1 saturated heterocycles. The van der Waals surface area contributed by atoms with E-state index in [0.717, 1.165) is 17.8 Å². The first kappa shape index (κ1) is 13.2. The van der Waals surface area contributed by atoms with E-state index in [4.69, 9.17) is 5.73 Å². The quantitative estimate of drug-likeness (QED) is 0.932. The topological polar surface area (TPSA) is 47.1 Å². The largest absolute Gasteiger partial charge is 0.384 e. The van der Waals surface area contributed by atoms with E-state index in [2.05, 4.69) is 34.3 Å². The van der Waals surface area contributed by atoms with Crippen molar-refractivity contribution < 1.29 is 0 Å². The Hall–Kier alpha value is -1.81. The van der Waals surface area contributed by atoms with Crippen molar-refractivity contribution in [1.29, 1.82) is 0 Å². The highest BCUT2D eigenvalue weighted by atomic mass is 15.3. The number of hydrogen-bond acceptors (Lipinski definition) is 3. The molecule has 0 amide bonds. The number of piperidine rings is 1. The van der Waals surface area contributed by atoms with Gasteiger partial charge in [-0.2, -0.15) is 5.10 Å². The van der Waals surface area contributed by atoms with Crippen molar-refractivity contribution in [2.45, 2.75) is 25.8 Å². The van der Waals surface area contributed by atoms with Crippen LogP contribution < -0.4 is 5.73 Å². The third kappa shape index (κ3) is 2.85. The fourth-order valence-electron chi connectivity index (χ4n) is 2.78. The Morgan fingerprint density at radius 3 is 2.40 bits per heavy atom. The number of nitrogens with two attached hydrogens (primary N) is 1. The minimum absolute atomic E-state index is 0.692. The van der Waals surface area contributed by atoms with E-state index in [-0.39, 0.29) is 0 Å². The van der Waals surface area contributed by atoms with Crippen LogP contribution in [0.2, 0.25) is 0 Å². The van der Waals surface area contributed by atoms with Crippen molar-refractivity contribution in [2.75, 3.05) is 18.8 Å². The van der Waals surface area contributed by atoms with Gasteiger partial charge in [0.25, 0.3) is 0 Å². The lowest BCUT2D eigenvalue weighted by atomic mass is 10.1. The van der Waals surface area contributed by atoms with Crippen molar-refractivity contribution >= 4 is 5.82 Å². The molecule has 0 radical (unpaired) electrons. The lowest BCUT2D eigenvalue weighted by Crippen LogP contribution is -2.28. The third-order valence-corrected chi connectivity index (χ3v) is 4.02. The standard InChI is InChI=1S/C16H22N4/c1-19-16(17)11-15(18-19)14-7-5-13(6-8-14)12-20-9-3-2-4-10-20/h5-8,11H,2-4,9-10,12,17H2,1H3. The van der Waals surface area contributed by atoms with Crippen LogP contribution in [-0.4, -0.2) is 27.8 Å². The van der Waals surface area contributed by atoms with Crippen LogP contribution in [0, 0.1) is 0 Å². The van der Waals surface area contributed by atoms with Gasteiger partial charge < -0.3 is 5.73 Å². The molecule has 1 aromatic carbocycles. The molecule has 0 unspecified atom stereocenters. The van der Waals surface area contributed by atoms with Gasteiger partial charge in [-0.05, 0) is 31.5 Å². The Morgan fingerprint density at radius 1 is 1.10 bits per heavy atom. The van der Waals surface area contributed by atoms with Crippen molar-refractivity contribution in [3.05, 3.63) is 35.9 Å². The Morgan fingerprint density at radius 2 is 1.80 bits per heavy atom. The molecule has 2 aromatic rings. The molecule has 0 saturated carbocycles. The van der Waals surface area contributed by atoms with Crippen LogP contribution in [0.4, 0.5) is 5.82 Å². The van der Waals surface area contributed by atoms with Gasteiger partial charge in [0.05, 0.1) is 5.69 Å². The summed E-state index contributed by atoms with van der Waals surface area (Å²) >= 11 is 0. The second-order valence-electron chi connectivity index (χ2n) is 5.61. The number of nitrogens with zero attached hydrogens (tertiary/aromatic N) is 3. The van der Waals surface area contributed by atoms with E-state index in [1.807, 2.05) is 13.1 Å². The number of hydrogen-bond donors (Lipinski definition) is 1. The fourth-order valence-corrected chi connectivity index (χ4v) is 2.78. The van der Waals surface area contributed by atoms with E-state index < -0.39 is 0 Å². The summed E-state index contributed by atoms with van der Waals surface area (Å²) in [4.78, 5) is 2.54. The smallest absolute Gasteiger partial charge is 0.121 e. The molecular weight excluding hydrogens is 248 g/mol. The summed E-state index contributed by atoms with van der Waals surface area (Å²) in [6, 6.07) is 10.6. The van der Waals surface area contributed by atoms with Gasteiger partial charge in [-0.15, -0.1) is 0 Å². The van der Waals surface area contributed by atoms with E-state index in [1.165, 1.54) is 37.9 Å². The molecule has 106 valence electrons. The average molecular weight is 270 g/mol. The van der Waals surface area contributed by atoms with Crippen LogP contribution in [0.15, 0.2) is 30.3 Å². The molecule has 1 aliphatic heterocycles. The molecule has 2 heterocycles. The molecule has 1 aliphatic rings. The number of aryl methyl sites for hydroxylation is 1. The zero-order valence-electron chi connectivity index (χ0n) is 12.0. The SMILES string of the molecule is Cn1nc(-c2ccc(CN3CCCCC3)cc2)cc1N. The number of rotatable bonds is 3. The van der Waals surface area contributed by atoms with E-state index >= 15 is 0 Å². The first-order valence-electron chi connectivity index (χ1n) is 7.33. The Bertz CT molecular complexity index is 545. The lowest BCUT2D eigenvalue weighted by molar-refractivity contribution is 0.221. The Balaban J connectivity index is 1.70. The average Bonchev–Trinajstić information content (AvgIpc) is 2.81. The molecule has 4 nitrogen and oxygen atoms in total. The minimum atomic E-state index is 0.692. The fraction of sp³-hybridized carbons (Fsp3) is 0.438. The third-order valence-electron chi connectivity index (χ3n) is 4.02. The maximum absolute atomic E-state index is 5.83. The molecule has 0 bridgehead atoms. The molecule has 20 heavy (non-hydrogen) atoms. The van der Waals surface area contributed by atoms with Gasteiger partial charge in [0.2, 0.25) is 0 Å². The van der Waals surface area contributed by atoms with Crippen LogP contribution in [0.5, 0.6) is 0 Å². The molecular formula is C16H22N4. The van der Waals surface area contributed by atoms with Gasteiger partial charge in [-0.1, -0.05) is 30.7 Å². The molecule has 2 N–H and O–H groups in total. The predicted molar refractivity (Wildman–Crippen MR) is 82.2 cm³/mol. The zero-order valence-corrected chi connectivity index (χ0v) is 12.0. The minimum Gasteiger partial charge on any atom is -0.384 e. The van der Waals surface area contributed by atoms with Gasteiger partial charge in [0, 0.05) is 25.2 Å². The van der Waals surface area contributed by atoms with Crippen LogP contribution in [-0.2, 0) is 13.6 Å². The van der Waals surface area contributed by atoms with Gasteiger partial charge in [0.15, 0.2) is 0 Å². The number of aromatic nitrogens is 2. The Labute approximate surface area is 120 Å². The number of nitrogen functional groups attached to an aromatic ring is 1. The highest BCUT2D eigenvalue weighted by Crippen LogP contribution is 2.21. The van der Waals surface area contributed by atoms with Gasteiger partial charge in [-0.25, -0.2) is 0 Å². The summed E-state index contributed by atoms with van der Waals surface area (Å²) in [6.07, 6.45) is 4.06. The molecule has 4 heteroatoms. The second-order valence-corrected chi connectivity index (χ2v) is 5.61. The number of likely N-dealkylation sites (tertiary alicyclic amines) is 1. The van der Waals surface area contributed by atoms with Crippen molar-refractivity contribution in [3.8, 4) is 11.3 Å². The molecule has 1 aromatic heterocycles. The highest BCUT2D eigenvalue weighted by Gasteiger charge is 2.10.